The maximum Gasteiger partial charge on any atom is 0.332 e. The molecule has 0 atom stereocenters. The standard InChI is InChI=1S/C21H19ClN6O3/c1-26-18-17(19(30)27(2)21(26)31)28(12-13-7-9-15(22)10-8-13)20(24-18)25-23-11-14-5-3-4-6-16(14)29/h3-11,29H,12H2,1-2H3,(H,24,25)/b23-11+. The minimum atomic E-state index is -0.474. The van der Waals surface area contributed by atoms with Crippen molar-refractivity contribution in [1.29, 1.82) is 0 Å². The summed E-state index contributed by atoms with van der Waals surface area (Å²) < 4.78 is 4.01. The Balaban J connectivity index is 1.83. The number of nitrogens with one attached hydrogen (secondary N) is 1. The number of phenolic OH excluding ortho intramolecular Hbond substituents is 1. The molecule has 0 aliphatic heterocycles. The summed E-state index contributed by atoms with van der Waals surface area (Å²) in [6.45, 7) is 0.301. The molecule has 0 aliphatic carbocycles. The van der Waals surface area contributed by atoms with E-state index in [-0.39, 0.29) is 22.9 Å². The van der Waals surface area contributed by atoms with E-state index in [0.717, 1.165) is 10.1 Å². The number of phenols is 1. The first-order chi connectivity index (χ1) is 14.9. The lowest BCUT2D eigenvalue weighted by atomic mass is 10.2. The van der Waals surface area contributed by atoms with Crippen molar-refractivity contribution < 1.29 is 5.11 Å². The number of aromatic nitrogens is 4. The van der Waals surface area contributed by atoms with E-state index in [1.165, 1.54) is 17.8 Å². The van der Waals surface area contributed by atoms with Crippen LogP contribution in [0.25, 0.3) is 11.2 Å². The van der Waals surface area contributed by atoms with Crippen LogP contribution in [0.4, 0.5) is 5.95 Å². The van der Waals surface area contributed by atoms with E-state index in [0.29, 0.717) is 17.1 Å². The van der Waals surface area contributed by atoms with Gasteiger partial charge < -0.3 is 5.11 Å². The van der Waals surface area contributed by atoms with Crippen molar-refractivity contribution in [3.8, 4) is 5.75 Å². The predicted molar refractivity (Wildman–Crippen MR) is 120 cm³/mol. The van der Waals surface area contributed by atoms with Crippen LogP contribution in [0.3, 0.4) is 0 Å². The summed E-state index contributed by atoms with van der Waals surface area (Å²) in [7, 11) is 2.98. The van der Waals surface area contributed by atoms with E-state index in [4.69, 9.17) is 11.6 Å². The summed E-state index contributed by atoms with van der Waals surface area (Å²) in [6, 6.07) is 13.9. The molecule has 2 N–H and O–H groups in total. The second kappa shape index (κ2) is 8.11. The zero-order valence-corrected chi connectivity index (χ0v) is 17.5. The Labute approximate surface area is 181 Å². The van der Waals surface area contributed by atoms with Gasteiger partial charge >= 0.3 is 5.69 Å². The molecule has 0 amide bonds. The van der Waals surface area contributed by atoms with Crippen molar-refractivity contribution in [2.75, 3.05) is 5.43 Å². The largest absolute Gasteiger partial charge is 0.507 e. The molecule has 0 bridgehead atoms. The van der Waals surface area contributed by atoms with Crippen LogP contribution < -0.4 is 16.7 Å². The second-order valence-electron chi connectivity index (χ2n) is 6.95. The first kappa shape index (κ1) is 20.4. The van der Waals surface area contributed by atoms with Gasteiger partial charge in [0.15, 0.2) is 11.2 Å². The monoisotopic (exact) mass is 438 g/mol. The first-order valence-corrected chi connectivity index (χ1v) is 9.72. The molecule has 0 saturated carbocycles. The quantitative estimate of drug-likeness (QED) is 0.367. The van der Waals surface area contributed by atoms with Gasteiger partial charge in [0.05, 0.1) is 12.8 Å². The Kier molecular flexibility index (Phi) is 5.35. The van der Waals surface area contributed by atoms with E-state index in [2.05, 4.69) is 15.5 Å². The number of imidazole rings is 1. The second-order valence-corrected chi connectivity index (χ2v) is 7.39. The predicted octanol–water partition coefficient (Wildman–Crippen LogP) is 2.29. The smallest absolute Gasteiger partial charge is 0.332 e. The minimum Gasteiger partial charge on any atom is -0.507 e. The number of hydrazone groups is 1. The fourth-order valence-corrected chi connectivity index (χ4v) is 3.34. The zero-order valence-electron chi connectivity index (χ0n) is 16.8. The van der Waals surface area contributed by atoms with Gasteiger partial charge in [0.2, 0.25) is 5.95 Å². The zero-order chi connectivity index (χ0) is 22.1. The lowest BCUT2D eigenvalue weighted by Crippen LogP contribution is -2.37. The molecule has 31 heavy (non-hydrogen) atoms. The number of hydrogen-bond acceptors (Lipinski definition) is 6. The van der Waals surface area contributed by atoms with E-state index in [1.54, 1.807) is 48.0 Å². The van der Waals surface area contributed by atoms with Gasteiger partial charge in [-0.15, -0.1) is 0 Å². The van der Waals surface area contributed by atoms with Crippen molar-refractivity contribution in [3.05, 3.63) is 85.5 Å². The molecule has 2 aromatic heterocycles. The van der Waals surface area contributed by atoms with Crippen molar-refractivity contribution in [3.63, 3.8) is 0 Å². The number of fused-ring (bicyclic) bond motifs is 1. The fraction of sp³-hybridized carbons (Fsp3) is 0.143. The van der Waals surface area contributed by atoms with Gasteiger partial charge in [-0.3, -0.25) is 18.5 Å². The molecule has 2 aromatic carbocycles. The number of aromatic hydroxyl groups is 1. The molecular weight excluding hydrogens is 420 g/mol. The Hall–Kier alpha value is -3.85. The molecule has 9 nitrogen and oxygen atoms in total. The molecule has 4 aromatic rings. The molecule has 0 fully saturated rings. The molecule has 0 saturated heterocycles. The molecule has 4 rings (SSSR count). The van der Waals surface area contributed by atoms with Crippen LogP contribution in [0, 0.1) is 0 Å². The normalized spacial score (nSPS) is 11.5. The summed E-state index contributed by atoms with van der Waals surface area (Å²) in [6.07, 6.45) is 1.44. The Morgan fingerprint density at radius 1 is 1.10 bits per heavy atom. The summed E-state index contributed by atoms with van der Waals surface area (Å²) in [5, 5.41) is 14.6. The van der Waals surface area contributed by atoms with E-state index in [1.807, 2.05) is 12.1 Å². The molecular formula is C21H19ClN6O3. The summed E-state index contributed by atoms with van der Waals surface area (Å²) >= 11 is 5.98. The highest BCUT2D eigenvalue weighted by molar-refractivity contribution is 6.30. The molecule has 158 valence electrons. The number of hydrogen-bond donors (Lipinski definition) is 2. The lowest BCUT2D eigenvalue weighted by molar-refractivity contribution is 0.474. The van der Waals surface area contributed by atoms with Gasteiger partial charge in [-0.1, -0.05) is 35.9 Å². The highest BCUT2D eigenvalue weighted by atomic mass is 35.5. The number of benzene rings is 2. The Bertz CT molecular complexity index is 1420. The first-order valence-electron chi connectivity index (χ1n) is 9.34. The number of rotatable bonds is 5. The average molecular weight is 439 g/mol. The van der Waals surface area contributed by atoms with Crippen LogP contribution >= 0.6 is 11.6 Å². The van der Waals surface area contributed by atoms with Crippen molar-refractivity contribution in [2.45, 2.75) is 6.54 Å². The van der Waals surface area contributed by atoms with Crippen LogP contribution in [0.1, 0.15) is 11.1 Å². The van der Waals surface area contributed by atoms with Crippen molar-refractivity contribution in [2.24, 2.45) is 19.2 Å². The third-order valence-corrected chi connectivity index (χ3v) is 5.16. The van der Waals surface area contributed by atoms with Gasteiger partial charge in [0.25, 0.3) is 5.56 Å². The molecule has 0 unspecified atom stereocenters. The van der Waals surface area contributed by atoms with E-state index < -0.39 is 11.2 Å². The number of anilines is 1. The highest BCUT2D eigenvalue weighted by Crippen LogP contribution is 2.19. The highest BCUT2D eigenvalue weighted by Gasteiger charge is 2.19. The van der Waals surface area contributed by atoms with Gasteiger partial charge in [-0.05, 0) is 29.8 Å². The van der Waals surface area contributed by atoms with E-state index in [9.17, 15) is 14.7 Å². The molecule has 10 heteroatoms. The van der Waals surface area contributed by atoms with Crippen LogP contribution in [0.2, 0.25) is 5.02 Å². The number of halogens is 1. The summed E-state index contributed by atoms with van der Waals surface area (Å²) in [5.74, 6) is 0.355. The maximum absolute atomic E-state index is 12.9. The summed E-state index contributed by atoms with van der Waals surface area (Å²) in [5.41, 5.74) is 3.79. The SMILES string of the molecule is Cn1c(=O)c2c(nc(N/N=C/c3ccccc3O)n2Cc2ccc(Cl)cc2)n(C)c1=O. The Morgan fingerprint density at radius 3 is 2.52 bits per heavy atom. The molecule has 0 aliphatic rings. The topological polar surface area (TPSA) is 106 Å². The van der Waals surface area contributed by atoms with Crippen molar-refractivity contribution in [1.82, 2.24) is 18.7 Å². The van der Waals surface area contributed by atoms with Gasteiger partial charge in [-0.25, -0.2) is 10.2 Å². The fourth-order valence-electron chi connectivity index (χ4n) is 3.21. The van der Waals surface area contributed by atoms with Gasteiger partial charge in [0.1, 0.15) is 5.75 Å². The lowest BCUT2D eigenvalue weighted by Gasteiger charge is -2.09. The summed E-state index contributed by atoms with van der Waals surface area (Å²) in [4.78, 5) is 29.7. The number of para-hydroxylation sites is 1. The van der Waals surface area contributed by atoms with E-state index >= 15 is 0 Å². The third-order valence-electron chi connectivity index (χ3n) is 4.91. The Morgan fingerprint density at radius 2 is 1.81 bits per heavy atom. The maximum atomic E-state index is 12.9. The van der Waals surface area contributed by atoms with Gasteiger partial charge in [-0.2, -0.15) is 10.1 Å². The minimum absolute atomic E-state index is 0.0824. The van der Waals surface area contributed by atoms with Crippen LogP contribution in [0.15, 0.2) is 63.2 Å². The third kappa shape index (κ3) is 3.82. The molecule has 0 radical (unpaired) electrons. The van der Waals surface area contributed by atoms with Gasteiger partial charge in [0, 0.05) is 24.7 Å². The van der Waals surface area contributed by atoms with Crippen LogP contribution in [-0.2, 0) is 20.6 Å². The number of nitrogens with zero attached hydrogens (tertiary/aromatic N) is 5. The number of aryl methyl sites for hydroxylation is 1. The van der Waals surface area contributed by atoms with Crippen LogP contribution in [-0.4, -0.2) is 30.0 Å². The van der Waals surface area contributed by atoms with Crippen molar-refractivity contribution >= 4 is 34.9 Å². The van der Waals surface area contributed by atoms with Crippen LogP contribution in [0.5, 0.6) is 5.75 Å². The average Bonchev–Trinajstić information content (AvgIpc) is 3.12. The molecule has 0 spiro atoms. The molecule has 2 heterocycles.